The van der Waals surface area contributed by atoms with Crippen LogP contribution < -0.4 is 0 Å². The van der Waals surface area contributed by atoms with Gasteiger partial charge in [0.05, 0.1) is 0 Å². The molecular weight excluding hydrogens is 143 g/mol. The van der Waals surface area contributed by atoms with Crippen LogP contribution in [0.1, 0.15) is 6.92 Å². The van der Waals surface area contributed by atoms with Crippen LogP contribution in [-0.4, -0.2) is 6.16 Å². The summed E-state index contributed by atoms with van der Waals surface area (Å²) in [6.45, 7) is 2.22. The van der Waals surface area contributed by atoms with Gasteiger partial charge in [-0.05, 0) is 0 Å². The Morgan fingerprint density at radius 2 is 2.25 bits per heavy atom. The molecule has 0 heterocycles. The fraction of sp³-hybridized carbons (Fsp3) is 1.00. The van der Waals surface area contributed by atoms with Crippen LogP contribution in [0.5, 0.6) is 0 Å². The minimum atomic E-state index is 1.23. The molecular formula is C2H5SiZr+2. The van der Waals surface area contributed by atoms with Gasteiger partial charge >= 0.3 is 42.5 Å². The van der Waals surface area contributed by atoms with E-state index < -0.39 is 0 Å². The Labute approximate surface area is 42.6 Å². The zero-order chi connectivity index (χ0) is 3.41. The van der Waals surface area contributed by atoms with Gasteiger partial charge in [0.25, 0.3) is 0 Å². The van der Waals surface area contributed by atoms with Gasteiger partial charge < -0.3 is 0 Å². The van der Waals surface area contributed by atoms with E-state index in [1.807, 2.05) is 0 Å². The molecule has 0 aromatic heterocycles. The standard InChI is InChI=1S/C2H5Si.Zr/c1-2-3;/h2H2,1H3;/q;+2. The first-order valence-electron chi connectivity index (χ1n) is 1.31. The molecule has 0 aromatic rings. The summed E-state index contributed by atoms with van der Waals surface area (Å²) >= 11 is 1.70. The molecule has 4 heavy (non-hydrogen) atoms. The monoisotopic (exact) mass is 147 g/mol. The molecule has 0 nitrogen and oxygen atoms in total. The Morgan fingerprint density at radius 3 is 2.25 bits per heavy atom. The summed E-state index contributed by atoms with van der Waals surface area (Å²) < 4.78 is 0. The molecule has 0 unspecified atom stereocenters. The van der Waals surface area contributed by atoms with E-state index in [9.17, 15) is 0 Å². The summed E-state index contributed by atoms with van der Waals surface area (Å²) in [5, 5.41) is 0. The van der Waals surface area contributed by atoms with Crippen molar-refractivity contribution in [3.8, 4) is 0 Å². The zero-order valence-electron chi connectivity index (χ0n) is 2.71. The van der Waals surface area contributed by atoms with E-state index in [4.69, 9.17) is 0 Å². The predicted octanol–water partition coefficient (Wildman–Crippen LogP) is 0.591. The normalized spacial score (nSPS) is 6.75. The average Bonchev–Trinajstić information content (AvgIpc) is 1.37. The number of hydrogen-bond donors (Lipinski definition) is 0. The van der Waals surface area contributed by atoms with Crippen LogP contribution in [-0.2, 0) is 23.3 Å². The van der Waals surface area contributed by atoms with Crippen molar-refractivity contribution >= 4 is 6.16 Å². The average molecular weight is 148 g/mol. The molecule has 2 heteroatoms. The quantitative estimate of drug-likeness (QED) is 0.478. The zero-order valence-corrected chi connectivity index (χ0v) is 6.17. The molecule has 0 saturated carbocycles. The first-order valence-corrected chi connectivity index (χ1v) is 6.20. The summed E-state index contributed by atoms with van der Waals surface area (Å²) in [6.07, 6.45) is 1.23. The van der Waals surface area contributed by atoms with E-state index in [0.717, 1.165) is 0 Å². The fourth-order valence-electron chi connectivity index (χ4n) is 0. The van der Waals surface area contributed by atoms with Gasteiger partial charge in [0, 0.05) is 0 Å². The van der Waals surface area contributed by atoms with E-state index in [1.54, 1.807) is 23.3 Å². The van der Waals surface area contributed by atoms with Gasteiger partial charge in [-0.1, -0.05) is 0 Å². The summed E-state index contributed by atoms with van der Waals surface area (Å²) in [7, 11) is 0. The Bertz CT molecular complexity index is 20.0. The molecule has 0 rings (SSSR count). The van der Waals surface area contributed by atoms with Crippen LogP contribution >= 0.6 is 0 Å². The minimum absolute atomic E-state index is 1.23. The molecule has 0 spiro atoms. The van der Waals surface area contributed by atoms with E-state index in [0.29, 0.717) is 0 Å². The number of hydrogen-bond acceptors (Lipinski definition) is 0. The van der Waals surface area contributed by atoms with Crippen molar-refractivity contribution in [2.45, 2.75) is 13.0 Å². The predicted molar refractivity (Wildman–Crippen MR) is 16.2 cm³/mol. The molecule has 0 atom stereocenters. The number of rotatable bonds is 1. The SMILES string of the molecule is CC[Si]=[Zr+2]. The Kier molecular flexibility index (Phi) is 5.23. The third-order valence-corrected chi connectivity index (χ3v) is 3.14. The first-order chi connectivity index (χ1) is 1.91. The Morgan fingerprint density at radius 1 is 2.00 bits per heavy atom. The molecule has 0 aliphatic rings. The van der Waals surface area contributed by atoms with Gasteiger partial charge in [-0.3, -0.25) is 0 Å². The first kappa shape index (κ1) is 5.10. The Hall–Kier alpha value is 1.10. The van der Waals surface area contributed by atoms with Gasteiger partial charge in [0.2, 0.25) is 0 Å². The molecule has 19 valence electrons. The van der Waals surface area contributed by atoms with Crippen molar-refractivity contribution in [3.63, 3.8) is 0 Å². The van der Waals surface area contributed by atoms with Crippen LogP contribution in [0.2, 0.25) is 6.04 Å². The molecule has 0 saturated heterocycles. The molecule has 0 aliphatic heterocycles. The van der Waals surface area contributed by atoms with E-state index in [1.165, 1.54) is 12.2 Å². The van der Waals surface area contributed by atoms with Crippen molar-refractivity contribution < 1.29 is 23.3 Å². The van der Waals surface area contributed by atoms with Crippen molar-refractivity contribution in [2.24, 2.45) is 0 Å². The topological polar surface area (TPSA) is 0 Å². The summed E-state index contributed by atoms with van der Waals surface area (Å²) in [4.78, 5) is 0. The molecule has 0 fully saturated rings. The fourth-order valence-corrected chi connectivity index (χ4v) is 0. The third-order valence-electron chi connectivity index (χ3n) is 0.177. The third kappa shape index (κ3) is 3.10. The molecule has 0 bridgehead atoms. The van der Waals surface area contributed by atoms with Crippen LogP contribution in [0, 0.1) is 0 Å². The van der Waals surface area contributed by atoms with Gasteiger partial charge in [-0.25, -0.2) is 0 Å². The van der Waals surface area contributed by atoms with Crippen LogP contribution in [0.15, 0.2) is 0 Å². The summed E-state index contributed by atoms with van der Waals surface area (Å²) in [6, 6.07) is 1.39. The van der Waals surface area contributed by atoms with Crippen molar-refractivity contribution in [3.05, 3.63) is 0 Å². The van der Waals surface area contributed by atoms with Gasteiger partial charge in [-0.15, -0.1) is 0 Å². The van der Waals surface area contributed by atoms with Gasteiger partial charge in [-0.2, -0.15) is 0 Å². The van der Waals surface area contributed by atoms with Gasteiger partial charge in [0.1, 0.15) is 0 Å². The maximum atomic E-state index is 2.22. The van der Waals surface area contributed by atoms with E-state index in [2.05, 4.69) is 6.92 Å². The molecule has 0 aromatic carbocycles. The molecule has 0 N–H and O–H groups in total. The summed E-state index contributed by atoms with van der Waals surface area (Å²) in [5.41, 5.74) is 0. The second-order valence-electron chi connectivity index (χ2n) is 0.530. The Balaban J connectivity index is 2.30. The van der Waals surface area contributed by atoms with E-state index >= 15 is 0 Å². The molecule has 0 aliphatic carbocycles. The second-order valence-corrected chi connectivity index (χ2v) is 4.20. The second kappa shape index (κ2) is 4.10. The van der Waals surface area contributed by atoms with Crippen LogP contribution in [0.25, 0.3) is 0 Å². The molecule has 0 amide bonds. The van der Waals surface area contributed by atoms with Crippen molar-refractivity contribution in [1.82, 2.24) is 0 Å². The maximum absolute atomic E-state index is 2.22. The summed E-state index contributed by atoms with van der Waals surface area (Å²) in [5.74, 6) is 0. The van der Waals surface area contributed by atoms with Crippen molar-refractivity contribution in [2.75, 3.05) is 0 Å². The van der Waals surface area contributed by atoms with Crippen molar-refractivity contribution in [1.29, 1.82) is 0 Å². The van der Waals surface area contributed by atoms with Crippen LogP contribution in [0.3, 0.4) is 0 Å². The van der Waals surface area contributed by atoms with E-state index in [-0.39, 0.29) is 0 Å². The van der Waals surface area contributed by atoms with Gasteiger partial charge in [0.15, 0.2) is 0 Å². The molecule has 1 radical (unpaired) electrons. The van der Waals surface area contributed by atoms with Crippen LogP contribution in [0.4, 0.5) is 0 Å².